The van der Waals surface area contributed by atoms with Gasteiger partial charge in [-0.25, -0.2) is 14.5 Å². The van der Waals surface area contributed by atoms with E-state index in [-0.39, 0.29) is 22.8 Å². The Morgan fingerprint density at radius 3 is 2.35 bits per heavy atom. The van der Waals surface area contributed by atoms with Crippen LogP contribution >= 0.6 is 11.6 Å². The van der Waals surface area contributed by atoms with Crippen LogP contribution in [-0.4, -0.2) is 28.9 Å². The second-order valence-electron chi connectivity index (χ2n) is 7.27. The molecule has 9 heteroatoms. The molecule has 1 saturated heterocycles. The van der Waals surface area contributed by atoms with Crippen molar-refractivity contribution in [1.29, 1.82) is 0 Å². The summed E-state index contributed by atoms with van der Waals surface area (Å²) in [5.41, 5.74) is 1.51. The number of carboxylic acid groups (broad SMARTS) is 1. The van der Waals surface area contributed by atoms with E-state index >= 15 is 0 Å². The van der Waals surface area contributed by atoms with Crippen LogP contribution in [0.25, 0.3) is 6.08 Å². The molecule has 0 atom stereocenters. The van der Waals surface area contributed by atoms with E-state index < -0.39 is 23.8 Å². The molecular formula is C25H17ClN2O6. The fourth-order valence-corrected chi connectivity index (χ4v) is 3.51. The van der Waals surface area contributed by atoms with E-state index in [9.17, 15) is 19.2 Å². The number of amides is 4. The number of benzene rings is 3. The predicted molar refractivity (Wildman–Crippen MR) is 125 cm³/mol. The molecule has 0 saturated carbocycles. The van der Waals surface area contributed by atoms with Crippen molar-refractivity contribution in [2.75, 3.05) is 4.90 Å². The fourth-order valence-electron chi connectivity index (χ4n) is 3.26. The number of rotatable bonds is 6. The number of para-hydroxylation sites is 1. The first-order valence-electron chi connectivity index (χ1n) is 10.0. The van der Waals surface area contributed by atoms with Gasteiger partial charge in [-0.2, -0.15) is 0 Å². The Balaban J connectivity index is 1.52. The number of urea groups is 1. The van der Waals surface area contributed by atoms with Gasteiger partial charge in [0.25, 0.3) is 11.8 Å². The van der Waals surface area contributed by atoms with E-state index in [1.54, 1.807) is 54.6 Å². The zero-order valence-corrected chi connectivity index (χ0v) is 18.3. The molecule has 0 spiro atoms. The summed E-state index contributed by atoms with van der Waals surface area (Å²) >= 11 is 6.32. The number of halogens is 1. The molecule has 1 aliphatic rings. The van der Waals surface area contributed by atoms with Crippen molar-refractivity contribution in [2.45, 2.75) is 6.61 Å². The van der Waals surface area contributed by atoms with E-state index in [2.05, 4.69) is 5.32 Å². The van der Waals surface area contributed by atoms with E-state index in [0.717, 1.165) is 10.5 Å². The van der Waals surface area contributed by atoms with Gasteiger partial charge in [0.2, 0.25) is 0 Å². The van der Waals surface area contributed by atoms with Crippen molar-refractivity contribution >= 4 is 47.2 Å². The number of carbonyl (C=O) groups is 4. The molecule has 0 radical (unpaired) electrons. The minimum atomic E-state index is -1.01. The summed E-state index contributed by atoms with van der Waals surface area (Å²) in [5.74, 6) is -2.20. The minimum absolute atomic E-state index is 0.162. The number of carboxylic acids is 1. The van der Waals surface area contributed by atoms with Gasteiger partial charge in [-0.05, 0) is 53.6 Å². The molecule has 0 bridgehead atoms. The van der Waals surface area contributed by atoms with Crippen LogP contribution in [0.3, 0.4) is 0 Å². The van der Waals surface area contributed by atoms with Crippen LogP contribution in [0.4, 0.5) is 10.5 Å². The summed E-state index contributed by atoms with van der Waals surface area (Å²) in [6.45, 7) is 0.162. The number of aromatic carboxylic acids is 1. The third-order valence-corrected chi connectivity index (χ3v) is 5.27. The zero-order chi connectivity index (χ0) is 24.2. The highest BCUT2D eigenvalue weighted by atomic mass is 35.5. The summed E-state index contributed by atoms with van der Waals surface area (Å²) in [6.07, 6.45) is 1.35. The van der Waals surface area contributed by atoms with Crippen molar-refractivity contribution in [3.63, 3.8) is 0 Å². The molecule has 170 valence electrons. The first kappa shape index (κ1) is 22.8. The molecule has 0 aromatic heterocycles. The van der Waals surface area contributed by atoms with E-state index in [1.807, 2.05) is 0 Å². The summed E-state index contributed by atoms with van der Waals surface area (Å²) in [6, 6.07) is 18.4. The number of anilines is 1. The lowest BCUT2D eigenvalue weighted by molar-refractivity contribution is -0.122. The molecular weight excluding hydrogens is 460 g/mol. The van der Waals surface area contributed by atoms with Crippen LogP contribution in [-0.2, 0) is 16.2 Å². The zero-order valence-electron chi connectivity index (χ0n) is 17.5. The quantitative estimate of drug-likeness (QED) is 0.405. The van der Waals surface area contributed by atoms with Gasteiger partial charge >= 0.3 is 12.0 Å². The summed E-state index contributed by atoms with van der Waals surface area (Å²) in [5, 5.41) is 11.4. The second kappa shape index (κ2) is 9.60. The maximum absolute atomic E-state index is 12.9. The van der Waals surface area contributed by atoms with Crippen molar-refractivity contribution in [2.24, 2.45) is 0 Å². The second-order valence-corrected chi connectivity index (χ2v) is 7.68. The molecule has 2 N–H and O–H groups in total. The summed E-state index contributed by atoms with van der Waals surface area (Å²) in [4.78, 5) is 49.3. The maximum atomic E-state index is 12.9. The lowest BCUT2D eigenvalue weighted by Crippen LogP contribution is -2.54. The largest absolute Gasteiger partial charge is 0.487 e. The highest BCUT2D eigenvalue weighted by Gasteiger charge is 2.36. The van der Waals surface area contributed by atoms with Gasteiger partial charge < -0.3 is 9.84 Å². The molecule has 34 heavy (non-hydrogen) atoms. The van der Waals surface area contributed by atoms with Crippen LogP contribution in [0.2, 0.25) is 5.02 Å². The minimum Gasteiger partial charge on any atom is -0.487 e. The number of ether oxygens (including phenoxy) is 1. The topological polar surface area (TPSA) is 113 Å². The number of imide groups is 2. The molecule has 4 rings (SSSR count). The Labute approximate surface area is 199 Å². The van der Waals surface area contributed by atoms with Crippen molar-refractivity contribution < 1.29 is 29.0 Å². The normalized spacial score (nSPS) is 14.8. The lowest BCUT2D eigenvalue weighted by Gasteiger charge is -2.26. The average molecular weight is 477 g/mol. The molecule has 1 aliphatic heterocycles. The first-order valence-corrected chi connectivity index (χ1v) is 10.4. The van der Waals surface area contributed by atoms with Gasteiger partial charge in [0.15, 0.2) is 0 Å². The summed E-state index contributed by atoms with van der Waals surface area (Å²) in [7, 11) is 0. The third kappa shape index (κ3) is 4.82. The molecule has 3 aromatic rings. The van der Waals surface area contributed by atoms with Crippen LogP contribution in [0.1, 0.15) is 21.5 Å². The number of barbiturate groups is 1. The molecule has 1 heterocycles. The van der Waals surface area contributed by atoms with Gasteiger partial charge in [0, 0.05) is 0 Å². The van der Waals surface area contributed by atoms with E-state index in [1.165, 1.54) is 24.3 Å². The first-order chi connectivity index (χ1) is 16.3. The Hall–Kier alpha value is -4.43. The van der Waals surface area contributed by atoms with E-state index in [0.29, 0.717) is 17.0 Å². The van der Waals surface area contributed by atoms with Gasteiger partial charge in [0.05, 0.1) is 16.3 Å². The van der Waals surface area contributed by atoms with Crippen LogP contribution < -0.4 is 15.0 Å². The van der Waals surface area contributed by atoms with Crippen LogP contribution in [0, 0.1) is 0 Å². The fraction of sp³-hybridized carbons (Fsp3) is 0.0400. The average Bonchev–Trinajstić information content (AvgIpc) is 2.82. The SMILES string of the molecule is O=C1NC(=O)N(c2ccccc2)C(=O)/C1=C/c1ccc(OCc2ccc(C(=O)O)cc2)c(Cl)c1. The van der Waals surface area contributed by atoms with Gasteiger partial charge in [-0.3, -0.25) is 14.9 Å². The molecule has 4 amide bonds. The predicted octanol–water partition coefficient (Wildman–Crippen LogP) is 4.28. The van der Waals surface area contributed by atoms with E-state index in [4.69, 9.17) is 21.4 Å². The number of hydrogen-bond donors (Lipinski definition) is 2. The number of carbonyl (C=O) groups excluding carboxylic acids is 3. The highest BCUT2D eigenvalue weighted by molar-refractivity contribution is 6.39. The standard InChI is InChI=1S/C25H17ClN2O6/c26-20-13-16(8-11-21(20)34-14-15-6-9-17(10-7-15)24(31)32)12-19-22(29)27-25(33)28(23(19)30)18-4-2-1-3-5-18/h1-13H,14H2,(H,31,32)(H,27,29,33)/b19-12+. The Bertz CT molecular complexity index is 1320. The molecule has 0 aliphatic carbocycles. The molecule has 0 unspecified atom stereocenters. The Kier molecular flexibility index (Phi) is 6.42. The smallest absolute Gasteiger partial charge is 0.335 e. The van der Waals surface area contributed by atoms with Crippen molar-refractivity contribution in [1.82, 2.24) is 5.32 Å². The van der Waals surface area contributed by atoms with Gasteiger partial charge in [-0.1, -0.05) is 48.0 Å². The Morgan fingerprint density at radius 2 is 1.71 bits per heavy atom. The van der Waals surface area contributed by atoms with Crippen molar-refractivity contribution in [3.05, 3.63) is 100 Å². The van der Waals surface area contributed by atoms with Crippen LogP contribution in [0.15, 0.2) is 78.4 Å². The number of nitrogens with one attached hydrogen (secondary N) is 1. The van der Waals surface area contributed by atoms with Gasteiger partial charge in [-0.15, -0.1) is 0 Å². The number of hydrogen-bond acceptors (Lipinski definition) is 5. The molecule has 1 fully saturated rings. The van der Waals surface area contributed by atoms with Gasteiger partial charge in [0.1, 0.15) is 17.9 Å². The third-order valence-electron chi connectivity index (χ3n) is 4.98. The van der Waals surface area contributed by atoms with Crippen molar-refractivity contribution in [3.8, 4) is 5.75 Å². The highest BCUT2D eigenvalue weighted by Crippen LogP contribution is 2.28. The number of nitrogens with zero attached hydrogens (tertiary/aromatic N) is 1. The monoisotopic (exact) mass is 476 g/mol. The van der Waals surface area contributed by atoms with Crippen LogP contribution in [0.5, 0.6) is 5.75 Å². The lowest BCUT2D eigenvalue weighted by atomic mass is 10.1. The Morgan fingerprint density at radius 1 is 1.00 bits per heavy atom. The molecule has 3 aromatic carbocycles. The summed E-state index contributed by atoms with van der Waals surface area (Å²) < 4.78 is 5.70. The maximum Gasteiger partial charge on any atom is 0.335 e. The molecule has 8 nitrogen and oxygen atoms in total.